The molecular formula is C19H19N3O2. The normalized spacial score (nSPS) is 10.6. The average molecular weight is 321 g/mol. The lowest BCUT2D eigenvalue weighted by molar-refractivity contribution is -0.384. The van der Waals surface area contributed by atoms with Crippen LogP contribution < -0.4 is 10.2 Å². The molecule has 0 fully saturated rings. The van der Waals surface area contributed by atoms with E-state index in [1.54, 1.807) is 31.1 Å². The Morgan fingerprint density at radius 3 is 2.54 bits per heavy atom. The summed E-state index contributed by atoms with van der Waals surface area (Å²) in [7, 11) is 3.60. The number of nitrogens with one attached hydrogen (secondary N) is 1. The molecule has 24 heavy (non-hydrogen) atoms. The largest absolute Gasteiger partial charge is 0.380 e. The minimum absolute atomic E-state index is 0.122. The van der Waals surface area contributed by atoms with Gasteiger partial charge in [-0.1, -0.05) is 42.5 Å². The summed E-state index contributed by atoms with van der Waals surface area (Å²) < 4.78 is 0. The molecule has 0 radical (unpaired) electrons. The number of anilines is 2. The second-order valence-corrected chi connectivity index (χ2v) is 5.85. The van der Waals surface area contributed by atoms with Crippen LogP contribution in [0.5, 0.6) is 0 Å². The molecule has 0 amide bonds. The number of nitro groups is 1. The van der Waals surface area contributed by atoms with Crippen molar-refractivity contribution in [2.75, 3.05) is 24.3 Å². The van der Waals surface area contributed by atoms with Gasteiger partial charge in [-0.2, -0.15) is 0 Å². The fraction of sp³-hybridized carbons (Fsp3) is 0.158. The molecule has 0 unspecified atom stereocenters. The zero-order valence-electron chi connectivity index (χ0n) is 13.7. The van der Waals surface area contributed by atoms with E-state index in [9.17, 15) is 10.1 Å². The summed E-state index contributed by atoms with van der Waals surface area (Å²) in [4.78, 5) is 12.7. The van der Waals surface area contributed by atoms with Crippen LogP contribution in [0.4, 0.5) is 17.1 Å². The van der Waals surface area contributed by atoms with Gasteiger partial charge in [-0.05, 0) is 23.1 Å². The third-order valence-corrected chi connectivity index (χ3v) is 3.99. The van der Waals surface area contributed by atoms with Crippen LogP contribution in [0.1, 0.15) is 5.56 Å². The minimum atomic E-state index is -0.337. The van der Waals surface area contributed by atoms with E-state index >= 15 is 0 Å². The second-order valence-electron chi connectivity index (χ2n) is 5.85. The van der Waals surface area contributed by atoms with Crippen molar-refractivity contribution < 1.29 is 4.92 Å². The molecule has 0 bridgehead atoms. The van der Waals surface area contributed by atoms with Gasteiger partial charge in [0, 0.05) is 37.8 Å². The molecule has 0 aliphatic rings. The summed E-state index contributed by atoms with van der Waals surface area (Å²) in [6, 6.07) is 19.6. The first-order chi connectivity index (χ1) is 11.6. The lowest BCUT2D eigenvalue weighted by Crippen LogP contribution is -2.11. The Balaban J connectivity index is 1.86. The van der Waals surface area contributed by atoms with E-state index in [0.29, 0.717) is 12.2 Å². The summed E-state index contributed by atoms with van der Waals surface area (Å²) >= 11 is 0. The summed E-state index contributed by atoms with van der Waals surface area (Å²) in [6.45, 7) is 0.530. The summed E-state index contributed by atoms with van der Waals surface area (Å²) in [5.74, 6) is 0. The number of rotatable bonds is 5. The first-order valence-corrected chi connectivity index (χ1v) is 7.72. The van der Waals surface area contributed by atoms with Gasteiger partial charge < -0.3 is 10.2 Å². The van der Waals surface area contributed by atoms with Gasteiger partial charge in [-0.3, -0.25) is 10.1 Å². The molecule has 5 heteroatoms. The van der Waals surface area contributed by atoms with E-state index in [1.807, 2.05) is 30.3 Å². The van der Waals surface area contributed by atoms with Gasteiger partial charge in [0.25, 0.3) is 5.69 Å². The van der Waals surface area contributed by atoms with Gasteiger partial charge in [-0.25, -0.2) is 0 Å². The van der Waals surface area contributed by atoms with E-state index < -0.39 is 0 Å². The molecule has 0 atom stereocenters. The van der Waals surface area contributed by atoms with E-state index in [2.05, 4.69) is 23.5 Å². The fourth-order valence-corrected chi connectivity index (χ4v) is 2.78. The highest BCUT2D eigenvalue weighted by Gasteiger charge is 2.16. The van der Waals surface area contributed by atoms with Gasteiger partial charge in [0.05, 0.1) is 4.92 Å². The van der Waals surface area contributed by atoms with Crippen molar-refractivity contribution in [3.05, 3.63) is 76.3 Å². The highest BCUT2D eigenvalue weighted by Crippen LogP contribution is 2.29. The highest BCUT2D eigenvalue weighted by molar-refractivity contribution is 5.93. The zero-order chi connectivity index (χ0) is 17.1. The molecule has 3 aromatic carbocycles. The summed E-state index contributed by atoms with van der Waals surface area (Å²) in [5, 5.41) is 17.0. The number of nitro benzene ring substituents is 1. The highest BCUT2D eigenvalue weighted by atomic mass is 16.6. The van der Waals surface area contributed by atoms with Crippen molar-refractivity contribution >= 4 is 27.8 Å². The monoisotopic (exact) mass is 321 g/mol. The topological polar surface area (TPSA) is 58.4 Å². The predicted octanol–water partition coefficient (Wildman–Crippen LogP) is 4.43. The molecule has 0 heterocycles. The molecule has 0 saturated carbocycles. The van der Waals surface area contributed by atoms with Crippen LogP contribution in [0, 0.1) is 10.1 Å². The van der Waals surface area contributed by atoms with Gasteiger partial charge in [0.2, 0.25) is 0 Å². The molecule has 0 spiro atoms. The van der Waals surface area contributed by atoms with Crippen LogP contribution in [-0.4, -0.2) is 19.0 Å². The van der Waals surface area contributed by atoms with Gasteiger partial charge >= 0.3 is 0 Å². The van der Waals surface area contributed by atoms with Gasteiger partial charge in [0.15, 0.2) is 0 Å². The Hall–Kier alpha value is -3.08. The van der Waals surface area contributed by atoms with Crippen molar-refractivity contribution in [2.24, 2.45) is 0 Å². The number of hydrogen-bond acceptors (Lipinski definition) is 4. The zero-order valence-corrected chi connectivity index (χ0v) is 13.7. The molecule has 0 aliphatic heterocycles. The van der Waals surface area contributed by atoms with Crippen molar-refractivity contribution in [3.8, 4) is 0 Å². The van der Waals surface area contributed by atoms with Crippen molar-refractivity contribution in [3.63, 3.8) is 0 Å². The Labute approximate surface area is 140 Å². The quantitative estimate of drug-likeness (QED) is 0.558. The molecular weight excluding hydrogens is 302 g/mol. The van der Waals surface area contributed by atoms with E-state index in [1.165, 1.54) is 0 Å². The van der Waals surface area contributed by atoms with Crippen molar-refractivity contribution in [1.29, 1.82) is 0 Å². The first-order valence-electron chi connectivity index (χ1n) is 7.72. The maximum absolute atomic E-state index is 11.3. The minimum Gasteiger partial charge on any atom is -0.380 e. The predicted molar refractivity (Wildman–Crippen MR) is 98.7 cm³/mol. The standard InChI is InChI=1S/C19H19N3O2/c1-21(2)18-11-10-14(12-19(18)22(23)24)13-20-17-9-5-7-15-6-3-4-8-16(15)17/h3-12,20H,13H2,1-2H3. The maximum atomic E-state index is 11.3. The SMILES string of the molecule is CN(C)c1ccc(CNc2cccc3ccccc23)cc1[N+](=O)[O-]. The molecule has 122 valence electrons. The lowest BCUT2D eigenvalue weighted by Gasteiger charge is -2.14. The Morgan fingerprint density at radius 2 is 1.79 bits per heavy atom. The molecule has 5 nitrogen and oxygen atoms in total. The number of hydrogen-bond donors (Lipinski definition) is 1. The van der Waals surface area contributed by atoms with Gasteiger partial charge in [-0.15, -0.1) is 0 Å². The van der Waals surface area contributed by atoms with Crippen LogP contribution in [0.2, 0.25) is 0 Å². The lowest BCUT2D eigenvalue weighted by atomic mass is 10.1. The van der Waals surface area contributed by atoms with Crippen LogP contribution >= 0.6 is 0 Å². The third-order valence-electron chi connectivity index (χ3n) is 3.99. The molecule has 3 rings (SSSR count). The van der Waals surface area contributed by atoms with Crippen LogP contribution in [0.3, 0.4) is 0 Å². The molecule has 3 aromatic rings. The van der Waals surface area contributed by atoms with Crippen molar-refractivity contribution in [1.82, 2.24) is 0 Å². The van der Waals surface area contributed by atoms with E-state index in [4.69, 9.17) is 0 Å². The summed E-state index contributed by atoms with van der Waals surface area (Å²) in [5.41, 5.74) is 2.62. The summed E-state index contributed by atoms with van der Waals surface area (Å²) in [6.07, 6.45) is 0. The molecule has 0 aromatic heterocycles. The van der Waals surface area contributed by atoms with Crippen LogP contribution in [0.15, 0.2) is 60.7 Å². The van der Waals surface area contributed by atoms with Crippen LogP contribution in [0.25, 0.3) is 10.8 Å². The third kappa shape index (κ3) is 3.15. The first kappa shape index (κ1) is 15.8. The molecule has 0 saturated heterocycles. The van der Waals surface area contributed by atoms with E-state index in [0.717, 1.165) is 22.0 Å². The smallest absolute Gasteiger partial charge is 0.292 e. The van der Waals surface area contributed by atoms with Crippen molar-refractivity contribution in [2.45, 2.75) is 6.54 Å². The number of fused-ring (bicyclic) bond motifs is 1. The van der Waals surface area contributed by atoms with Gasteiger partial charge in [0.1, 0.15) is 5.69 Å². The maximum Gasteiger partial charge on any atom is 0.292 e. The Kier molecular flexibility index (Phi) is 4.33. The Morgan fingerprint density at radius 1 is 1.04 bits per heavy atom. The molecule has 0 aliphatic carbocycles. The number of nitrogens with zero attached hydrogens (tertiary/aromatic N) is 2. The average Bonchev–Trinajstić information content (AvgIpc) is 2.59. The van der Waals surface area contributed by atoms with E-state index in [-0.39, 0.29) is 10.6 Å². The number of benzene rings is 3. The second kappa shape index (κ2) is 6.58. The van der Waals surface area contributed by atoms with Crippen LogP contribution in [-0.2, 0) is 6.54 Å². The Bertz CT molecular complexity index is 885. The molecule has 1 N–H and O–H groups in total. The fourth-order valence-electron chi connectivity index (χ4n) is 2.78.